The van der Waals surface area contributed by atoms with Crippen LogP contribution in [0.25, 0.3) is 0 Å². The molecule has 0 aliphatic carbocycles. The standard InChI is InChI=1S/C52H100O7/c1-3-5-7-9-11-13-15-17-19-20-21-22-23-24-25-26-27-28-30-32-33-35-37-39-41-43-49(55)58-48(45-53)52-51(47(54)46-57-52)59-50(56)44-42-40-38-36-34-31-29-18-16-14-12-10-8-6-4-2/h47-48,51-54H,3-46H2,1-2H3/t47-,48+,51+,52+/m0/s1. The first kappa shape index (κ1) is 55.8. The molecule has 0 unspecified atom stereocenters. The smallest absolute Gasteiger partial charge is 0.306 e. The molecule has 4 atom stereocenters. The quantitative estimate of drug-likeness (QED) is 0.0465. The van der Waals surface area contributed by atoms with Gasteiger partial charge in [0.2, 0.25) is 0 Å². The highest BCUT2D eigenvalue weighted by Crippen LogP contribution is 2.25. The van der Waals surface area contributed by atoms with Gasteiger partial charge in [0.25, 0.3) is 0 Å². The van der Waals surface area contributed by atoms with Crippen LogP contribution in [0.3, 0.4) is 0 Å². The number of hydrogen-bond donors (Lipinski definition) is 2. The summed E-state index contributed by atoms with van der Waals surface area (Å²) in [5.41, 5.74) is 0. The summed E-state index contributed by atoms with van der Waals surface area (Å²) in [7, 11) is 0. The van der Waals surface area contributed by atoms with Gasteiger partial charge in [-0.05, 0) is 12.8 Å². The van der Waals surface area contributed by atoms with Gasteiger partial charge in [-0.25, -0.2) is 0 Å². The second kappa shape index (κ2) is 43.5. The lowest BCUT2D eigenvalue weighted by Gasteiger charge is -2.27. The van der Waals surface area contributed by atoms with Gasteiger partial charge in [0.05, 0.1) is 13.2 Å². The molecule has 1 aliphatic heterocycles. The van der Waals surface area contributed by atoms with E-state index < -0.39 is 31.0 Å². The zero-order chi connectivity index (χ0) is 42.7. The number of esters is 2. The SMILES string of the molecule is CCCCCCCCCCCCCCCCCCCCCCCCCCCC(=O)O[C@H](CO)[C@H]1OC[C@H](O)[C@H]1OC(=O)CCCCCCCCCCCCCCCCC. The summed E-state index contributed by atoms with van der Waals surface area (Å²) in [5, 5.41) is 20.5. The lowest BCUT2D eigenvalue weighted by molar-refractivity contribution is -0.171. The van der Waals surface area contributed by atoms with E-state index in [0.29, 0.717) is 0 Å². The van der Waals surface area contributed by atoms with Crippen molar-refractivity contribution < 1.29 is 34.0 Å². The number of carbonyl (C=O) groups excluding carboxylic acids is 2. The van der Waals surface area contributed by atoms with E-state index in [1.54, 1.807) is 0 Å². The van der Waals surface area contributed by atoms with Crippen LogP contribution in [0.4, 0.5) is 0 Å². The number of ether oxygens (including phenoxy) is 3. The molecular weight excluding hydrogens is 737 g/mol. The Morgan fingerprint density at radius 2 is 0.729 bits per heavy atom. The maximum Gasteiger partial charge on any atom is 0.306 e. The molecule has 1 fully saturated rings. The molecule has 0 aromatic heterocycles. The summed E-state index contributed by atoms with van der Waals surface area (Å²) in [6.07, 6.45) is 49.3. The average molecular weight is 837 g/mol. The van der Waals surface area contributed by atoms with E-state index in [-0.39, 0.29) is 31.4 Å². The molecule has 0 spiro atoms. The summed E-state index contributed by atoms with van der Waals surface area (Å²) >= 11 is 0. The minimum absolute atomic E-state index is 0.0187. The zero-order valence-corrected chi connectivity index (χ0v) is 39.4. The second-order valence-electron chi connectivity index (χ2n) is 18.5. The lowest BCUT2D eigenvalue weighted by atomic mass is 10.0. The first-order valence-corrected chi connectivity index (χ1v) is 26.3. The number of aliphatic hydroxyl groups excluding tert-OH is 2. The molecule has 2 N–H and O–H groups in total. The summed E-state index contributed by atoms with van der Waals surface area (Å²) in [4.78, 5) is 25.2. The predicted molar refractivity (Wildman–Crippen MR) is 248 cm³/mol. The van der Waals surface area contributed by atoms with E-state index >= 15 is 0 Å². The number of hydrogen-bond acceptors (Lipinski definition) is 7. The fourth-order valence-electron chi connectivity index (χ4n) is 8.78. The highest BCUT2D eigenvalue weighted by molar-refractivity contribution is 5.70. The van der Waals surface area contributed by atoms with Gasteiger partial charge in [-0.1, -0.05) is 258 Å². The summed E-state index contributed by atoms with van der Waals surface area (Å²) in [6, 6.07) is 0. The molecular formula is C52H100O7. The third-order valence-electron chi connectivity index (χ3n) is 12.7. The van der Waals surface area contributed by atoms with E-state index in [9.17, 15) is 19.8 Å². The molecule has 7 heteroatoms. The van der Waals surface area contributed by atoms with Crippen LogP contribution in [0.1, 0.15) is 284 Å². The Bertz CT molecular complexity index is 896. The largest absolute Gasteiger partial charge is 0.457 e. The van der Waals surface area contributed by atoms with Crippen molar-refractivity contribution in [3.8, 4) is 0 Å². The third kappa shape index (κ3) is 35.0. The molecule has 1 aliphatic rings. The van der Waals surface area contributed by atoms with Crippen molar-refractivity contribution in [3.05, 3.63) is 0 Å². The van der Waals surface area contributed by atoms with E-state index in [0.717, 1.165) is 38.5 Å². The van der Waals surface area contributed by atoms with Gasteiger partial charge in [0.1, 0.15) is 12.2 Å². The van der Waals surface area contributed by atoms with Crippen LogP contribution in [0, 0.1) is 0 Å². The minimum Gasteiger partial charge on any atom is -0.457 e. The molecule has 1 rings (SSSR count). The molecule has 0 aromatic carbocycles. The van der Waals surface area contributed by atoms with E-state index in [4.69, 9.17) is 14.2 Å². The molecule has 0 amide bonds. The third-order valence-corrected chi connectivity index (χ3v) is 12.7. The van der Waals surface area contributed by atoms with Crippen LogP contribution in [-0.4, -0.2) is 59.8 Å². The topological polar surface area (TPSA) is 102 Å². The Labute approximate surface area is 366 Å². The van der Waals surface area contributed by atoms with Crippen LogP contribution in [0.2, 0.25) is 0 Å². The Kier molecular flexibility index (Phi) is 41.1. The zero-order valence-electron chi connectivity index (χ0n) is 39.4. The minimum atomic E-state index is -1.00. The van der Waals surface area contributed by atoms with Gasteiger partial charge in [-0.15, -0.1) is 0 Å². The number of rotatable bonds is 46. The molecule has 1 heterocycles. The Morgan fingerprint density at radius 1 is 0.458 bits per heavy atom. The van der Waals surface area contributed by atoms with Crippen molar-refractivity contribution in [1.29, 1.82) is 0 Å². The van der Waals surface area contributed by atoms with Gasteiger partial charge in [0, 0.05) is 12.8 Å². The Hall–Kier alpha value is -1.18. The Balaban J connectivity index is 1.96. The van der Waals surface area contributed by atoms with Crippen LogP contribution in [0.5, 0.6) is 0 Å². The van der Waals surface area contributed by atoms with E-state index in [2.05, 4.69) is 13.8 Å². The maximum atomic E-state index is 12.6. The van der Waals surface area contributed by atoms with Gasteiger partial charge in [0.15, 0.2) is 12.2 Å². The van der Waals surface area contributed by atoms with Crippen LogP contribution >= 0.6 is 0 Å². The van der Waals surface area contributed by atoms with E-state index in [1.807, 2.05) is 0 Å². The van der Waals surface area contributed by atoms with Crippen molar-refractivity contribution in [2.45, 2.75) is 308 Å². The van der Waals surface area contributed by atoms with Gasteiger partial charge < -0.3 is 24.4 Å². The lowest BCUT2D eigenvalue weighted by Crippen LogP contribution is -2.45. The molecule has 1 saturated heterocycles. The van der Waals surface area contributed by atoms with Gasteiger partial charge in [-0.3, -0.25) is 9.59 Å². The first-order chi connectivity index (χ1) is 29.0. The molecule has 0 radical (unpaired) electrons. The summed E-state index contributed by atoms with van der Waals surface area (Å²) in [5.74, 6) is -0.760. The van der Waals surface area contributed by atoms with Crippen molar-refractivity contribution in [2.75, 3.05) is 13.2 Å². The number of carbonyl (C=O) groups is 2. The van der Waals surface area contributed by atoms with Crippen molar-refractivity contribution in [2.24, 2.45) is 0 Å². The second-order valence-corrected chi connectivity index (χ2v) is 18.5. The maximum absolute atomic E-state index is 12.6. The molecule has 59 heavy (non-hydrogen) atoms. The number of aliphatic hydroxyl groups is 2. The van der Waals surface area contributed by atoms with Gasteiger partial charge >= 0.3 is 11.9 Å². The predicted octanol–water partition coefficient (Wildman–Crippen LogP) is 15.0. The highest BCUT2D eigenvalue weighted by atomic mass is 16.6. The van der Waals surface area contributed by atoms with Crippen LogP contribution in [-0.2, 0) is 23.8 Å². The van der Waals surface area contributed by atoms with Crippen molar-refractivity contribution >= 4 is 11.9 Å². The Morgan fingerprint density at radius 3 is 1.02 bits per heavy atom. The fourth-order valence-corrected chi connectivity index (χ4v) is 8.78. The van der Waals surface area contributed by atoms with Crippen molar-refractivity contribution in [3.63, 3.8) is 0 Å². The molecule has 0 saturated carbocycles. The molecule has 0 aromatic rings. The average Bonchev–Trinajstić information content (AvgIpc) is 3.59. The van der Waals surface area contributed by atoms with Crippen LogP contribution < -0.4 is 0 Å². The normalized spacial score (nSPS) is 17.1. The van der Waals surface area contributed by atoms with Gasteiger partial charge in [-0.2, -0.15) is 0 Å². The highest BCUT2D eigenvalue weighted by Gasteiger charge is 2.45. The molecule has 350 valence electrons. The summed E-state index contributed by atoms with van der Waals surface area (Å²) < 4.78 is 16.9. The van der Waals surface area contributed by atoms with E-state index in [1.165, 1.54) is 218 Å². The van der Waals surface area contributed by atoms with Crippen molar-refractivity contribution in [1.82, 2.24) is 0 Å². The fraction of sp³-hybridized carbons (Fsp3) is 0.962. The first-order valence-electron chi connectivity index (χ1n) is 26.3. The number of unbranched alkanes of at least 4 members (excludes halogenated alkanes) is 38. The monoisotopic (exact) mass is 837 g/mol. The summed E-state index contributed by atoms with van der Waals surface area (Å²) in [6.45, 7) is 4.09. The van der Waals surface area contributed by atoms with Crippen LogP contribution in [0.15, 0.2) is 0 Å². The molecule has 0 bridgehead atoms. The molecule has 7 nitrogen and oxygen atoms in total.